The van der Waals surface area contributed by atoms with Crippen LogP contribution in [0.2, 0.25) is 0 Å². The molecule has 4 heteroatoms. The molecule has 0 saturated carbocycles. The number of nitrogens with one attached hydrogen (secondary N) is 1. The molecule has 108 valence electrons. The van der Waals surface area contributed by atoms with Crippen molar-refractivity contribution in [1.29, 1.82) is 0 Å². The third kappa shape index (κ3) is 3.45. The molecule has 0 amide bonds. The zero-order valence-corrected chi connectivity index (χ0v) is 12.6. The van der Waals surface area contributed by atoms with Gasteiger partial charge >= 0.3 is 0 Å². The summed E-state index contributed by atoms with van der Waals surface area (Å²) >= 11 is 0. The summed E-state index contributed by atoms with van der Waals surface area (Å²) in [7, 11) is 0. The van der Waals surface area contributed by atoms with Crippen LogP contribution >= 0.6 is 0 Å². The van der Waals surface area contributed by atoms with E-state index in [1.54, 1.807) is 0 Å². The van der Waals surface area contributed by atoms with Crippen molar-refractivity contribution in [2.75, 3.05) is 6.54 Å². The standard InChI is InChI=1S/C16H24N4/c1-4-10-20-16(12-18-19-20)15(17-5-2)11-14-9-7-6-8-13(14)3/h6-9,12,15,17H,4-5,10-11H2,1-3H3. The summed E-state index contributed by atoms with van der Waals surface area (Å²) in [6, 6.07) is 8.83. The van der Waals surface area contributed by atoms with Crippen LogP contribution in [0.3, 0.4) is 0 Å². The van der Waals surface area contributed by atoms with Crippen molar-refractivity contribution in [2.24, 2.45) is 0 Å². The van der Waals surface area contributed by atoms with Crippen LogP contribution < -0.4 is 5.32 Å². The van der Waals surface area contributed by atoms with E-state index < -0.39 is 0 Å². The number of aryl methyl sites for hydroxylation is 2. The predicted molar refractivity (Wildman–Crippen MR) is 81.6 cm³/mol. The van der Waals surface area contributed by atoms with Crippen LogP contribution in [0.25, 0.3) is 0 Å². The van der Waals surface area contributed by atoms with Gasteiger partial charge in [0.25, 0.3) is 0 Å². The lowest BCUT2D eigenvalue weighted by molar-refractivity contribution is 0.473. The maximum Gasteiger partial charge on any atom is 0.0759 e. The SMILES string of the molecule is CCCn1nncc1C(Cc1ccccc1C)NCC. The van der Waals surface area contributed by atoms with Gasteiger partial charge in [-0.15, -0.1) is 5.10 Å². The molecule has 0 saturated heterocycles. The number of aromatic nitrogens is 3. The molecule has 2 rings (SSSR count). The molecule has 1 atom stereocenters. The normalized spacial score (nSPS) is 12.6. The average Bonchev–Trinajstić information content (AvgIpc) is 2.89. The van der Waals surface area contributed by atoms with Crippen LogP contribution in [-0.4, -0.2) is 21.5 Å². The van der Waals surface area contributed by atoms with Gasteiger partial charge < -0.3 is 5.32 Å². The van der Waals surface area contributed by atoms with Crippen LogP contribution in [-0.2, 0) is 13.0 Å². The molecule has 1 aromatic carbocycles. The smallest absolute Gasteiger partial charge is 0.0759 e. The highest BCUT2D eigenvalue weighted by atomic mass is 15.4. The molecule has 0 aliphatic carbocycles. The summed E-state index contributed by atoms with van der Waals surface area (Å²) in [4.78, 5) is 0. The van der Waals surface area contributed by atoms with Crippen molar-refractivity contribution >= 4 is 0 Å². The molecule has 2 aromatic rings. The second-order valence-electron chi connectivity index (χ2n) is 5.12. The van der Waals surface area contributed by atoms with Gasteiger partial charge in [-0.3, -0.25) is 0 Å². The molecule has 0 spiro atoms. The molecule has 20 heavy (non-hydrogen) atoms. The molecular weight excluding hydrogens is 248 g/mol. The lowest BCUT2D eigenvalue weighted by Crippen LogP contribution is -2.26. The molecule has 1 aromatic heterocycles. The number of rotatable bonds is 7. The van der Waals surface area contributed by atoms with E-state index in [-0.39, 0.29) is 6.04 Å². The molecule has 0 bridgehead atoms. The van der Waals surface area contributed by atoms with Gasteiger partial charge in [0.05, 0.1) is 17.9 Å². The first-order valence-electron chi connectivity index (χ1n) is 7.42. The Hall–Kier alpha value is -1.68. The molecule has 1 heterocycles. The molecule has 0 aliphatic rings. The quantitative estimate of drug-likeness (QED) is 0.842. The molecule has 0 radical (unpaired) electrons. The Balaban J connectivity index is 2.22. The van der Waals surface area contributed by atoms with E-state index in [1.165, 1.54) is 16.8 Å². The lowest BCUT2D eigenvalue weighted by Gasteiger charge is -2.19. The first-order valence-corrected chi connectivity index (χ1v) is 7.42. The van der Waals surface area contributed by atoms with Crippen molar-refractivity contribution in [3.63, 3.8) is 0 Å². The van der Waals surface area contributed by atoms with E-state index in [9.17, 15) is 0 Å². The highest BCUT2D eigenvalue weighted by Crippen LogP contribution is 2.20. The monoisotopic (exact) mass is 272 g/mol. The molecule has 1 N–H and O–H groups in total. The van der Waals surface area contributed by atoms with Crippen molar-refractivity contribution in [3.05, 3.63) is 47.3 Å². The van der Waals surface area contributed by atoms with Crippen LogP contribution in [0, 0.1) is 6.92 Å². The lowest BCUT2D eigenvalue weighted by atomic mass is 9.99. The van der Waals surface area contributed by atoms with Gasteiger partial charge in [-0.1, -0.05) is 43.3 Å². The van der Waals surface area contributed by atoms with E-state index in [2.05, 4.69) is 60.7 Å². The van der Waals surface area contributed by atoms with Crippen LogP contribution in [0.5, 0.6) is 0 Å². The minimum atomic E-state index is 0.266. The second kappa shape index (κ2) is 7.20. The number of benzene rings is 1. The summed E-state index contributed by atoms with van der Waals surface area (Å²) in [5.41, 5.74) is 3.89. The molecule has 4 nitrogen and oxygen atoms in total. The third-order valence-electron chi connectivity index (χ3n) is 3.58. The summed E-state index contributed by atoms with van der Waals surface area (Å²) in [5, 5.41) is 11.8. The fourth-order valence-corrected chi connectivity index (χ4v) is 2.51. The molecule has 1 unspecified atom stereocenters. The highest BCUT2D eigenvalue weighted by Gasteiger charge is 2.17. The van der Waals surface area contributed by atoms with Gasteiger partial charge in [0.15, 0.2) is 0 Å². The van der Waals surface area contributed by atoms with Crippen molar-refractivity contribution in [1.82, 2.24) is 20.3 Å². The van der Waals surface area contributed by atoms with Gasteiger partial charge in [-0.2, -0.15) is 0 Å². The highest BCUT2D eigenvalue weighted by molar-refractivity contribution is 5.27. The predicted octanol–water partition coefficient (Wildman–Crippen LogP) is 2.89. The van der Waals surface area contributed by atoms with E-state index in [0.29, 0.717) is 0 Å². The largest absolute Gasteiger partial charge is 0.309 e. The first-order chi connectivity index (χ1) is 9.76. The third-order valence-corrected chi connectivity index (χ3v) is 3.58. The Labute approximate surface area is 121 Å². The maximum absolute atomic E-state index is 4.20. The summed E-state index contributed by atoms with van der Waals surface area (Å²) in [6.07, 6.45) is 3.93. The van der Waals surface area contributed by atoms with E-state index in [0.717, 1.165) is 25.9 Å². The minimum Gasteiger partial charge on any atom is -0.309 e. The van der Waals surface area contributed by atoms with Crippen molar-refractivity contribution in [2.45, 2.75) is 46.2 Å². The van der Waals surface area contributed by atoms with E-state index >= 15 is 0 Å². The van der Waals surface area contributed by atoms with Gasteiger partial charge in [-0.05, 0) is 37.4 Å². The van der Waals surface area contributed by atoms with Gasteiger partial charge in [0.1, 0.15) is 0 Å². The van der Waals surface area contributed by atoms with Crippen LogP contribution in [0.15, 0.2) is 30.5 Å². The van der Waals surface area contributed by atoms with Gasteiger partial charge in [0.2, 0.25) is 0 Å². The molecule has 0 fully saturated rings. The average molecular weight is 272 g/mol. The topological polar surface area (TPSA) is 42.7 Å². The number of nitrogens with zero attached hydrogens (tertiary/aromatic N) is 3. The Kier molecular flexibility index (Phi) is 5.30. The molecule has 0 aliphatic heterocycles. The van der Waals surface area contributed by atoms with Crippen molar-refractivity contribution < 1.29 is 0 Å². The van der Waals surface area contributed by atoms with Gasteiger partial charge in [0, 0.05) is 6.54 Å². The number of hydrogen-bond acceptors (Lipinski definition) is 3. The van der Waals surface area contributed by atoms with Gasteiger partial charge in [-0.25, -0.2) is 4.68 Å². The Bertz CT molecular complexity index is 533. The Morgan fingerprint density at radius 1 is 1.25 bits per heavy atom. The fourth-order valence-electron chi connectivity index (χ4n) is 2.51. The Morgan fingerprint density at radius 2 is 2.05 bits per heavy atom. The summed E-state index contributed by atoms with van der Waals surface area (Å²) in [5.74, 6) is 0. The number of likely N-dealkylation sites (N-methyl/N-ethyl adjacent to an activating group) is 1. The maximum atomic E-state index is 4.20. The zero-order chi connectivity index (χ0) is 14.4. The molecular formula is C16H24N4. The first kappa shape index (κ1) is 14.7. The number of hydrogen-bond donors (Lipinski definition) is 1. The van der Waals surface area contributed by atoms with E-state index in [4.69, 9.17) is 0 Å². The van der Waals surface area contributed by atoms with Crippen LogP contribution in [0.1, 0.15) is 43.1 Å². The van der Waals surface area contributed by atoms with E-state index in [1.807, 2.05) is 10.9 Å². The Morgan fingerprint density at radius 3 is 2.75 bits per heavy atom. The van der Waals surface area contributed by atoms with Crippen LogP contribution in [0.4, 0.5) is 0 Å². The minimum absolute atomic E-state index is 0.266. The fraction of sp³-hybridized carbons (Fsp3) is 0.500. The second-order valence-corrected chi connectivity index (χ2v) is 5.12. The summed E-state index contributed by atoms with van der Waals surface area (Å²) in [6.45, 7) is 8.33. The van der Waals surface area contributed by atoms with Crippen molar-refractivity contribution in [3.8, 4) is 0 Å². The summed E-state index contributed by atoms with van der Waals surface area (Å²) < 4.78 is 2.02. The zero-order valence-electron chi connectivity index (χ0n) is 12.6.